The predicted octanol–water partition coefficient (Wildman–Crippen LogP) is 3.76. The fourth-order valence-corrected chi connectivity index (χ4v) is 4.99. The number of hydrogen-bond donors (Lipinski definition) is 1. The number of hydrogen-bond acceptors (Lipinski definition) is 7. The first-order valence-corrected chi connectivity index (χ1v) is 11.6. The molecule has 0 aliphatic heterocycles. The van der Waals surface area contributed by atoms with E-state index in [1.54, 1.807) is 18.3 Å². The van der Waals surface area contributed by atoms with Gasteiger partial charge in [-0.25, -0.2) is 13.4 Å². The maximum Gasteiger partial charge on any atom is 0.271 e. The zero-order valence-corrected chi connectivity index (χ0v) is 18.7. The van der Waals surface area contributed by atoms with Gasteiger partial charge in [0.25, 0.3) is 5.56 Å². The van der Waals surface area contributed by atoms with Crippen molar-refractivity contribution in [1.82, 2.24) is 19.5 Å². The van der Waals surface area contributed by atoms with Gasteiger partial charge in [0.1, 0.15) is 10.5 Å². The highest BCUT2D eigenvalue weighted by molar-refractivity contribution is 7.91. The molecule has 3 heterocycles. The van der Waals surface area contributed by atoms with Crippen molar-refractivity contribution in [1.29, 1.82) is 0 Å². The minimum Gasteiger partial charge on any atom is -0.324 e. The summed E-state index contributed by atoms with van der Waals surface area (Å²) in [7, 11) is -2.49. The van der Waals surface area contributed by atoms with Gasteiger partial charge in [-0.05, 0) is 49.4 Å². The molecule has 0 bridgehead atoms. The van der Waals surface area contributed by atoms with E-state index in [0.717, 1.165) is 22.2 Å². The van der Waals surface area contributed by atoms with E-state index >= 15 is 0 Å². The number of sulfone groups is 1. The predicted molar refractivity (Wildman–Crippen MR) is 126 cm³/mol. The van der Waals surface area contributed by atoms with E-state index in [-0.39, 0.29) is 15.7 Å². The largest absolute Gasteiger partial charge is 0.324 e. The first-order chi connectivity index (χ1) is 15.8. The molecule has 0 aliphatic rings. The Labute approximate surface area is 189 Å². The summed E-state index contributed by atoms with van der Waals surface area (Å²) in [6.45, 7) is 1.86. The first kappa shape index (κ1) is 20.8. The summed E-state index contributed by atoms with van der Waals surface area (Å²) >= 11 is 0. The van der Waals surface area contributed by atoms with Crippen LogP contribution in [-0.2, 0) is 16.9 Å². The lowest BCUT2D eigenvalue weighted by atomic mass is 10.2. The molecule has 0 unspecified atom stereocenters. The Morgan fingerprint density at radius 2 is 1.73 bits per heavy atom. The molecule has 3 aromatic heterocycles. The zero-order valence-electron chi connectivity index (χ0n) is 17.9. The van der Waals surface area contributed by atoms with Crippen LogP contribution >= 0.6 is 0 Å². The second-order valence-corrected chi connectivity index (χ2v) is 9.62. The molecule has 0 saturated carbocycles. The highest BCUT2D eigenvalue weighted by Crippen LogP contribution is 2.23. The van der Waals surface area contributed by atoms with Crippen LogP contribution in [0.5, 0.6) is 0 Å². The molecule has 0 amide bonds. The number of aromatic nitrogens is 4. The summed E-state index contributed by atoms with van der Waals surface area (Å²) in [6.07, 6.45) is 3.23. The summed E-state index contributed by atoms with van der Waals surface area (Å²) < 4.78 is 27.4. The van der Waals surface area contributed by atoms with E-state index < -0.39 is 15.4 Å². The third kappa shape index (κ3) is 3.72. The highest BCUT2D eigenvalue weighted by Gasteiger charge is 2.23. The van der Waals surface area contributed by atoms with Crippen molar-refractivity contribution in [3.05, 3.63) is 89.0 Å². The number of pyridine rings is 2. The van der Waals surface area contributed by atoms with Gasteiger partial charge in [0.15, 0.2) is 0 Å². The highest BCUT2D eigenvalue weighted by atomic mass is 32.2. The lowest BCUT2D eigenvalue weighted by Gasteiger charge is -2.11. The van der Waals surface area contributed by atoms with Crippen LogP contribution in [0, 0.1) is 6.92 Å². The van der Waals surface area contributed by atoms with Crippen LogP contribution in [-0.4, -0.2) is 27.9 Å². The van der Waals surface area contributed by atoms with E-state index in [4.69, 9.17) is 0 Å². The van der Waals surface area contributed by atoms with E-state index in [1.165, 1.54) is 36.0 Å². The SMILES string of the molecule is Cc1ccc(S(=O)(=O)c2cc3cnc(Nc4ccc5ncccc5c4)nc3n(C)c2=O)cc1. The molecule has 0 spiro atoms. The molecule has 5 rings (SSSR count). The van der Waals surface area contributed by atoms with Gasteiger partial charge in [-0.3, -0.25) is 14.3 Å². The summed E-state index contributed by atoms with van der Waals surface area (Å²) in [5, 5.41) is 4.53. The third-order valence-electron chi connectivity index (χ3n) is 5.40. The lowest BCUT2D eigenvalue weighted by molar-refractivity contribution is 0.593. The van der Waals surface area contributed by atoms with Gasteiger partial charge < -0.3 is 5.32 Å². The molecule has 0 aliphatic carbocycles. The van der Waals surface area contributed by atoms with Gasteiger partial charge >= 0.3 is 0 Å². The average Bonchev–Trinajstić information content (AvgIpc) is 2.82. The molecule has 8 nitrogen and oxygen atoms in total. The number of aryl methyl sites for hydroxylation is 2. The smallest absolute Gasteiger partial charge is 0.271 e. The fourth-order valence-electron chi connectivity index (χ4n) is 3.60. The Bertz CT molecular complexity index is 1690. The number of anilines is 2. The van der Waals surface area contributed by atoms with Crippen molar-refractivity contribution in [3.8, 4) is 0 Å². The molecule has 2 aromatic carbocycles. The van der Waals surface area contributed by atoms with Gasteiger partial charge in [0.2, 0.25) is 15.8 Å². The molecule has 5 aromatic rings. The summed E-state index contributed by atoms with van der Waals surface area (Å²) in [4.78, 5) is 25.8. The summed E-state index contributed by atoms with van der Waals surface area (Å²) in [5.74, 6) is 0.287. The van der Waals surface area contributed by atoms with E-state index in [2.05, 4.69) is 20.3 Å². The van der Waals surface area contributed by atoms with Gasteiger partial charge in [0.05, 0.1) is 10.4 Å². The van der Waals surface area contributed by atoms with Gasteiger partial charge in [0, 0.05) is 35.9 Å². The maximum absolute atomic E-state index is 13.1. The molecule has 0 saturated heterocycles. The minimum absolute atomic E-state index is 0.0644. The van der Waals surface area contributed by atoms with Gasteiger partial charge in [-0.15, -0.1) is 0 Å². The Kier molecular flexibility index (Phi) is 4.90. The van der Waals surface area contributed by atoms with Crippen molar-refractivity contribution in [2.75, 3.05) is 5.32 Å². The number of nitrogens with zero attached hydrogens (tertiary/aromatic N) is 4. The van der Waals surface area contributed by atoms with Crippen LogP contribution in [0.3, 0.4) is 0 Å². The Morgan fingerprint density at radius 3 is 2.52 bits per heavy atom. The van der Waals surface area contributed by atoms with Crippen molar-refractivity contribution in [2.24, 2.45) is 7.05 Å². The zero-order chi connectivity index (χ0) is 23.2. The van der Waals surface area contributed by atoms with Crippen LogP contribution in [0.25, 0.3) is 21.9 Å². The number of benzene rings is 2. The second kappa shape index (κ2) is 7.79. The van der Waals surface area contributed by atoms with Crippen LogP contribution in [0.4, 0.5) is 11.6 Å². The lowest BCUT2D eigenvalue weighted by Crippen LogP contribution is -2.25. The molecule has 0 fully saturated rings. The van der Waals surface area contributed by atoms with Crippen molar-refractivity contribution >= 4 is 43.4 Å². The topological polar surface area (TPSA) is 107 Å². The Balaban J connectivity index is 1.56. The molecule has 9 heteroatoms. The standard InChI is InChI=1S/C24H19N5O3S/c1-15-5-8-19(9-6-15)33(31,32)21-13-17-14-26-24(28-22(17)29(2)23(21)30)27-18-7-10-20-16(12-18)4-3-11-25-20/h3-14H,1-2H3,(H,26,27,28). The Hall–Kier alpha value is -4.11. The van der Waals surface area contributed by atoms with Crippen molar-refractivity contribution in [3.63, 3.8) is 0 Å². The quantitative estimate of drug-likeness (QED) is 0.438. The van der Waals surface area contributed by atoms with Crippen LogP contribution in [0.2, 0.25) is 0 Å². The maximum atomic E-state index is 13.1. The van der Waals surface area contributed by atoms with Gasteiger partial charge in [-0.2, -0.15) is 4.98 Å². The normalized spacial score (nSPS) is 11.7. The molecule has 1 N–H and O–H groups in total. The summed E-state index contributed by atoms with van der Waals surface area (Å²) in [6, 6.07) is 17.2. The van der Waals surface area contributed by atoms with Crippen LogP contribution < -0.4 is 10.9 Å². The minimum atomic E-state index is -3.99. The molecule has 164 valence electrons. The third-order valence-corrected chi connectivity index (χ3v) is 7.16. The Morgan fingerprint density at radius 1 is 0.939 bits per heavy atom. The molecule has 0 radical (unpaired) electrons. The summed E-state index contributed by atoms with van der Waals surface area (Å²) in [5.41, 5.74) is 2.23. The van der Waals surface area contributed by atoms with Crippen LogP contribution in [0.1, 0.15) is 5.56 Å². The second-order valence-electron chi connectivity index (χ2n) is 7.70. The van der Waals surface area contributed by atoms with Crippen LogP contribution in [0.15, 0.2) is 87.6 Å². The van der Waals surface area contributed by atoms with Crippen molar-refractivity contribution < 1.29 is 8.42 Å². The first-order valence-electron chi connectivity index (χ1n) is 10.1. The number of fused-ring (bicyclic) bond motifs is 2. The van der Waals surface area contributed by atoms with E-state index in [0.29, 0.717) is 11.0 Å². The van der Waals surface area contributed by atoms with E-state index in [1.807, 2.05) is 37.3 Å². The molecule has 0 atom stereocenters. The molecule has 33 heavy (non-hydrogen) atoms. The molecular weight excluding hydrogens is 438 g/mol. The monoisotopic (exact) mass is 457 g/mol. The fraction of sp³-hybridized carbons (Fsp3) is 0.0833. The molecular formula is C24H19N5O3S. The number of nitrogens with one attached hydrogen (secondary N) is 1. The van der Waals surface area contributed by atoms with E-state index in [9.17, 15) is 13.2 Å². The average molecular weight is 458 g/mol. The van der Waals surface area contributed by atoms with Crippen molar-refractivity contribution in [2.45, 2.75) is 16.7 Å². The number of rotatable bonds is 4. The van der Waals surface area contributed by atoms with Gasteiger partial charge in [-0.1, -0.05) is 23.8 Å².